The van der Waals surface area contributed by atoms with Crippen molar-refractivity contribution in [2.24, 2.45) is 0 Å². The molecule has 0 aromatic heterocycles. The molecule has 2 aromatic rings. The smallest absolute Gasteiger partial charge is 0.274 e. The predicted molar refractivity (Wildman–Crippen MR) is 79.7 cm³/mol. The van der Waals surface area contributed by atoms with Crippen molar-refractivity contribution >= 4 is 21.4 Å². The Morgan fingerprint density at radius 1 is 1.14 bits per heavy atom. The fourth-order valence-corrected chi connectivity index (χ4v) is 2.98. The maximum Gasteiger partial charge on any atom is 0.274 e. The number of hydrogen-bond donors (Lipinski definition) is 1. The molecule has 2 rings (SSSR count). The summed E-state index contributed by atoms with van der Waals surface area (Å²) < 4.78 is 26.7. The Bertz CT molecular complexity index is 758. The highest BCUT2D eigenvalue weighted by molar-refractivity contribution is 7.92. The van der Waals surface area contributed by atoms with Gasteiger partial charge in [-0.3, -0.25) is 14.8 Å². The molecule has 0 aliphatic carbocycles. The number of aryl methyl sites for hydroxylation is 1. The third kappa shape index (κ3) is 3.38. The topological polar surface area (TPSA) is 89.3 Å². The van der Waals surface area contributed by atoms with E-state index in [4.69, 9.17) is 0 Å². The lowest BCUT2D eigenvalue weighted by Gasteiger charge is -2.09. The molecular weight excluding hydrogens is 292 g/mol. The van der Waals surface area contributed by atoms with Crippen molar-refractivity contribution in [3.05, 3.63) is 64.2 Å². The third-order valence-electron chi connectivity index (χ3n) is 2.97. The third-order valence-corrected chi connectivity index (χ3v) is 4.37. The first-order valence-corrected chi connectivity index (χ1v) is 7.77. The molecule has 110 valence electrons. The van der Waals surface area contributed by atoms with Gasteiger partial charge in [0.15, 0.2) is 0 Å². The zero-order chi connectivity index (χ0) is 15.5. The number of anilines is 1. The molecule has 6 nitrogen and oxygen atoms in total. The van der Waals surface area contributed by atoms with E-state index < -0.39 is 14.9 Å². The van der Waals surface area contributed by atoms with Crippen LogP contribution in [0.3, 0.4) is 0 Å². The molecule has 0 spiro atoms. The minimum Gasteiger partial charge on any atom is -0.279 e. The second-order valence-electron chi connectivity index (χ2n) is 4.37. The maximum atomic E-state index is 12.2. The Hall–Kier alpha value is -2.41. The van der Waals surface area contributed by atoms with E-state index >= 15 is 0 Å². The van der Waals surface area contributed by atoms with Crippen LogP contribution in [0, 0.1) is 10.1 Å². The van der Waals surface area contributed by atoms with Crippen molar-refractivity contribution in [3.63, 3.8) is 0 Å². The molecule has 0 atom stereocenters. The van der Waals surface area contributed by atoms with Gasteiger partial charge < -0.3 is 0 Å². The standard InChI is InChI=1S/C14H14N2O4S/c1-2-11-8-9-12(10-14(11)16(17)18)15-21(19,20)13-6-4-3-5-7-13/h3-10,15H,2H2,1H3. The van der Waals surface area contributed by atoms with E-state index in [0.717, 1.165) is 0 Å². The summed E-state index contributed by atoms with van der Waals surface area (Å²) >= 11 is 0. The van der Waals surface area contributed by atoms with Gasteiger partial charge in [-0.15, -0.1) is 0 Å². The van der Waals surface area contributed by atoms with Crippen LogP contribution in [0.2, 0.25) is 0 Å². The van der Waals surface area contributed by atoms with E-state index in [1.807, 2.05) is 0 Å². The predicted octanol–water partition coefficient (Wildman–Crippen LogP) is 2.96. The monoisotopic (exact) mass is 306 g/mol. The van der Waals surface area contributed by atoms with E-state index in [-0.39, 0.29) is 16.3 Å². The molecule has 0 aliphatic heterocycles. The second kappa shape index (κ2) is 5.92. The SMILES string of the molecule is CCc1ccc(NS(=O)(=O)c2ccccc2)cc1[N+](=O)[O-]. The molecule has 0 saturated carbocycles. The number of hydrogen-bond acceptors (Lipinski definition) is 4. The molecule has 0 unspecified atom stereocenters. The van der Waals surface area contributed by atoms with Gasteiger partial charge in [-0.2, -0.15) is 0 Å². The van der Waals surface area contributed by atoms with Gasteiger partial charge in [0.1, 0.15) is 0 Å². The average Bonchev–Trinajstić information content (AvgIpc) is 2.47. The van der Waals surface area contributed by atoms with Gasteiger partial charge in [0.25, 0.3) is 15.7 Å². The van der Waals surface area contributed by atoms with Gasteiger partial charge in [0.05, 0.1) is 15.5 Å². The summed E-state index contributed by atoms with van der Waals surface area (Å²) in [6.45, 7) is 1.80. The van der Waals surface area contributed by atoms with Crippen molar-refractivity contribution in [1.29, 1.82) is 0 Å². The van der Waals surface area contributed by atoms with Crippen LogP contribution >= 0.6 is 0 Å². The summed E-state index contributed by atoms with van der Waals surface area (Å²) in [5.41, 5.74) is 0.635. The number of nitro benzene ring substituents is 1. The molecule has 7 heteroatoms. The first-order valence-electron chi connectivity index (χ1n) is 6.29. The molecule has 0 amide bonds. The van der Waals surface area contributed by atoms with Gasteiger partial charge in [-0.1, -0.05) is 31.2 Å². The van der Waals surface area contributed by atoms with E-state index in [0.29, 0.717) is 12.0 Å². The Kier molecular flexibility index (Phi) is 4.23. The quantitative estimate of drug-likeness (QED) is 0.679. The van der Waals surface area contributed by atoms with E-state index in [1.165, 1.54) is 24.3 Å². The number of sulfonamides is 1. The number of benzene rings is 2. The van der Waals surface area contributed by atoms with Crippen LogP contribution in [-0.4, -0.2) is 13.3 Å². The van der Waals surface area contributed by atoms with Gasteiger partial charge in [-0.05, 0) is 24.6 Å². The lowest BCUT2D eigenvalue weighted by molar-refractivity contribution is -0.385. The Labute approximate surface area is 122 Å². The molecule has 0 heterocycles. The minimum atomic E-state index is -3.75. The van der Waals surface area contributed by atoms with Crippen LogP contribution in [-0.2, 0) is 16.4 Å². The Morgan fingerprint density at radius 2 is 1.81 bits per heavy atom. The fraction of sp³-hybridized carbons (Fsp3) is 0.143. The zero-order valence-electron chi connectivity index (χ0n) is 11.3. The summed E-state index contributed by atoms with van der Waals surface area (Å²) in [5.74, 6) is 0. The van der Waals surface area contributed by atoms with Crippen LogP contribution in [0.25, 0.3) is 0 Å². The summed E-state index contributed by atoms with van der Waals surface area (Å²) in [4.78, 5) is 10.6. The van der Waals surface area contributed by atoms with Crippen molar-refractivity contribution in [3.8, 4) is 0 Å². The number of rotatable bonds is 5. The lowest BCUT2D eigenvalue weighted by atomic mass is 10.1. The summed E-state index contributed by atoms with van der Waals surface area (Å²) in [6.07, 6.45) is 0.502. The molecule has 0 saturated heterocycles. The molecule has 0 fully saturated rings. The molecule has 0 radical (unpaired) electrons. The highest BCUT2D eigenvalue weighted by Gasteiger charge is 2.17. The first-order chi connectivity index (χ1) is 9.94. The summed E-state index contributed by atoms with van der Waals surface area (Å²) in [5, 5.41) is 11.0. The fourth-order valence-electron chi connectivity index (χ4n) is 1.91. The summed E-state index contributed by atoms with van der Waals surface area (Å²) in [7, 11) is -3.75. The van der Waals surface area contributed by atoms with Crippen LogP contribution in [0.4, 0.5) is 11.4 Å². The zero-order valence-corrected chi connectivity index (χ0v) is 12.1. The van der Waals surface area contributed by atoms with Gasteiger partial charge in [-0.25, -0.2) is 8.42 Å². The van der Waals surface area contributed by atoms with Crippen LogP contribution in [0.1, 0.15) is 12.5 Å². The largest absolute Gasteiger partial charge is 0.279 e. The highest BCUT2D eigenvalue weighted by atomic mass is 32.2. The molecular formula is C14H14N2O4S. The second-order valence-corrected chi connectivity index (χ2v) is 6.06. The van der Waals surface area contributed by atoms with Crippen LogP contribution in [0.15, 0.2) is 53.4 Å². The van der Waals surface area contributed by atoms with Crippen molar-refractivity contribution < 1.29 is 13.3 Å². The molecule has 21 heavy (non-hydrogen) atoms. The molecule has 0 aliphatic rings. The van der Waals surface area contributed by atoms with E-state index in [9.17, 15) is 18.5 Å². The minimum absolute atomic E-state index is 0.0919. The van der Waals surface area contributed by atoms with Crippen LogP contribution < -0.4 is 4.72 Å². The molecule has 0 bridgehead atoms. The van der Waals surface area contributed by atoms with Crippen molar-refractivity contribution in [2.45, 2.75) is 18.2 Å². The number of nitro groups is 1. The van der Waals surface area contributed by atoms with Crippen LogP contribution in [0.5, 0.6) is 0 Å². The van der Waals surface area contributed by atoms with E-state index in [1.54, 1.807) is 31.2 Å². The van der Waals surface area contributed by atoms with Crippen molar-refractivity contribution in [1.82, 2.24) is 0 Å². The highest BCUT2D eigenvalue weighted by Crippen LogP contribution is 2.25. The average molecular weight is 306 g/mol. The van der Waals surface area contributed by atoms with Gasteiger partial charge in [0.2, 0.25) is 0 Å². The molecule has 1 N–H and O–H groups in total. The number of nitrogens with zero attached hydrogens (tertiary/aromatic N) is 1. The van der Waals surface area contributed by atoms with Gasteiger partial charge in [0, 0.05) is 11.6 Å². The normalized spacial score (nSPS) is 11.1. The lowest BCUT2D eigenvalue weighted by Crippen LogP contribution is -2.13. The number of nitrogens with one attached hydrogen (secondary N) is 1. The Morgan fingerprint density at radius 3 is 2.38 bits per heavy atom. The summed E-state index contributed by atoms with van der Waals surface area (Å²) in [6, 6.07) is 12.1. The van der Waals surface area contributed by atoms with E-state index in [2.05, 4.69) is 4.72 Å². The maximum absolute atomic E-state index is 12.2. The molecule has 2 aromatic carbocycles. The first kappa shape index (κ1) is 15.0. The van der Waals surface area contributed by atoms with Crippen molar-refractivity contribution in [2.75, 3.05) is 4.72 Å². The Balaban J connectivity index is 2.36. The van der Waals surface area contributed by atoms with Gasteiger partial charge >= 0.3 is 0 Å².